The maximum absolute atomic E-state index is 11.7. The zero-order valence-electron chi connectivity index (χ0n) is 11.2. The molecule has 1 amide bonds. The highest BCUT2D eigenvalue weighted by Gasteiger charge is 2.39. The topological polar surface area (TPSA) is 70.7 Å². The molecule has 1 heterocycles. The van der Waals surface area contributed by atoms with Gasteiger partial charge in [-0.15, -0.1) is 0 Å². The van der Waals surface area contributed by atoms with E-state index in [1.807, 2.05) is 18.2 Å². The molecule has 2 rings (SSSR count). The summed E-state index contributed by atoms with van der Waals surface area (Å²) in [7, 11) is 4.72. The lowest BCUT2D eigenvalue weighted by atomic mass is 9.86. The van der Waals surface area contributed by atoms with Crippen LogP contribution in [-0.4, -0.2) is 29.1 Å². The highest BCUT2D eigenvalue weighted by Crippen LogP contribution is 2.22. The summed E-state index contributed by atoms with van der Waals surface area (Å²) in [6, 6.07) is 10.5. The molecule has 1 fully saturated rings. The first-order chi connectivity index (χ1) is 9.61. The van der Waals surface area contributed by atoms with Gasteiger partial charge in [-0.25, -0.2) is 4.76 Å². The summed E-state index contributed by atoms with van der Waals surface area (Å²) in [4.78, 5) is 11.7. The molecule has 1 aromatic carbocycles. The second-order valence-electron chi connectivity index (χ2n) is 4.89. The normalized spacial score (nSPS) is 22.1. The van der Waals surface area contributed by atoms with Crippen LogP contribution in [0.15, 0.2) is 35.1 Å². The van der Waals surface area contributed by atoms with Crippen molar-refractivity contribution < 1.29 is 4.79 Å². The number of β-lactam (4-membered cyclic amide) rings is 1. The third-order valence-electron chi connectivity index (χ3n) is 3.56. The third-order valence-corrected chi connectivity index (χ3v) is 4.30. The molecule has 20 heavy (non-hydrogen) atoms. The van der Waals surface area contributed by atoms with Gasteiger partial charge in [-0.2, -0.15) is 0 Å². The minimum Gasteiger partial charge on any atom is -0.369 e. The minimum absolute atomic E-state index is 0.0264. The Kier molecular flexibility index (Phi) is 5.33. The van der Waals surface area contributed by atoms with Crippen LogP contribution in [-0.2, 0) is 11.2 Å². The summed E-state index contributed by atoms with van der Waals surface area (Å²) in [5, 5.41) is 2.96. The molecule has 7 heteroatoms. The Morgan fingerprint density at radius 2 is 2.10 bits per heavy atom. The van der Waals surface area contributed by atoms with E-state index in [-0.39, 0.29) is 17.9 Å². The van der Waals surface area contributed by atoms with E-state index in [2.05, 4.69) is 41.0 Å². The van der Waals surface area contributed by atoms with Crippen LogP contribution in [0.2, 0.25) is 0 Å². The predicted molar refractivity (Wildman–Crippen MR) is 87.9 cm³/mol. The van der Waals surface area contributed by atoms with Gasteiger partial charge in [0, 0.05) is 12.6 Å². The average molecular weight is 310 g/mol. The number of nitrogens with zero attached hydrogens (tertiary/aromatic N) is 2. The maximum Gasteiger partial charge on any atom is 0.227 e. The Hall–Kier alpha value is -1.18. The number of carbonyl (C=O) groups excluding carboxylic acids is 1. The standard InChI is InChI=1S/C13H20N4OP2/c14-13(16-19)17(20)8-10-11(15-12(10)18)7-6-9-4-2-1-3-5-9/h1-5,10-11H,6-8,19-20H2,(H2,14,16)(H,15,18). The Morgan fingerprint density at radius 1 is 1.40 bits per heavy atom. The van der Waals surface area contributed by atoms with Gasteiger partial charge in [0.25, 0.3) is 0 Å². The van der Waals surface area contributed by atoms with Crippen LogP contribution in [0.3, 0.4) is 0 Å². The second-order valence-corrected chi connectivity index (χ2v) is 5.77. The average Bonchev–Trinajstić information content (AvgIpc) is 2.48. The summed E-state index contributed by atoms with van der Waals surface area (Å²) < 4.78 is 5.56. The van der Waals surface area contributed by atoms with Gasteiger partial charge < -0.3 is 15.7 Å². The van der Waals surface area contributed by atoms with E-state index in [0.717, 1.165) is 12.8 Å². The van der Waals surface area contributed by atoms with Crippen LogP contribution in [0.5, 0.6) is 0 Å². The first-order valence-electron chi connectivity index (χ1n) is 6.51. The molecule has 108 valence electrons. The van der Waals surface area contributed by atoms with E-state index in [4.69, 9.17) is 5.73 Å². The molecule has 0 bridgehead atoms. The van der Waals surface area contributed by atoms with Gasteiger partial charge in [-0.3, -0.25) is 4.79 Å². The van der Waals surface area contributed by atoms with Crippen LogP contribution < -0.4 is 11.1 Å². The first kappa shape index (κ1) is 15.2. The fourth-order valence-electron chi connectivity index (χ4n) is 2.31. The number of hydrogen-bond donors (Lipinski definition) is 2. The molecule has 4 atom stereocenters. The number of guanidine groups is 1. The van der Waals surface area contributed by atoms with Crippen molar-refractivity contribution in [1.82, 2.24) is 9.99 Å². The molecule has 1 aliphatic heterocycles. The Labute approximate surface area is 123 Å². The smallest absolute Gasteiger partial charge is 0.227 e. The molecule has 5 nitrogen and oxygen atoms in total. The summed E-state index contributed by atoms with van der Waals surface area (Å²) in [6.45, 7) is 0.569. The fourth-order valence-corrected chi connectivity index (χ4v) is 2.88. The van der Waals surface area contributed by atoms with Gasteiger partial charge in [0.15, 0.2) is 5.96 Å². The second kappa shape index (κ2) is 7.01. The number of hydrogen-bond acceptors (Lipinski definition) is 2. The Bertz CT molecular complexity index is 494. The SMILES string of the molecule is N/C(=N/P)N(P)CC1C(=O)NC1CCc1ccccc1. The number of nitrogens with two attached hydrogens (primary N) is 1. The third kappa shape index (κ3) is 3.68. The molecule has 0 saturated carbocycles. The van der Waals surface area contributed by atoms with Crippen LogP contribution in [0, 0.1) is 5.92 Å². The lowest BCUT2D eigenvalue weighted by Crippen LogP contribution is -2.61. The van der Waals surface area contributed by atoms with E-state index < -0.39 is 0 Å². The number of aryl methyl sites for hydroxylation is 1. The van der Waals surface area contributed by atoms with Crippen molar-refractivity contribution in [2.24, 2.45) is 16.4 Å². The zero-order chi connectivity index (χ0) is 14.5. The molecule has 0 spiro atoms. The van der Waals surface area contributed by atoms with E-state index >= 15 is 0 Å². The van der Waals surface area contributed by atoms with Crippen molar-refractivity contribution in [2.45, 2.75) is 18.9 Å². The molecule has 0 aliphatic carbocycles. The molecular weight excluding hydrogens is 290 g/mol. The van der Waals surface area contributed by atoms with Crippen LogP contribution >= 0.6 is 18.8 Å². The van der Waals surface area contributed by atoms with Crippen molar-refractivity contribution in [3.63, 3.8) is 0 Å². The number of benzene rings is 1. The number of rotatable bonds is 5. The van der Waals surface area contributed by atoms with Gasteiger partial charge in [0.05, 0.1) is 5.92 Å². The van der Waals surface area contributed by atoms with E-state index in [9.17, 15) is 4.79 Å². The van der Waals surface area contributed by atoms with Gasteiger partial charge in [0.1, 0.15) is 0 Å². The molecular formula is C13H20N4OP2. The summed E-state index contributed by atoms with van der Waals surface area (Å²) in [5.41, 5.74) is 6.99. The lowest BCUT2D eigenvalue weighted by molar-refractivity contribution is -0.135. The molecule has 1 aromatic rings. The van der Waals surface area contributed by atoms with E-state index in [1.54, 1.807) is 4.67 Å². The van der Waals surface area contributed by atoms with Crippen molar-refractivity contribution in [3.05, 3.63) is 35.9 Å². The summed E-state index contributed by atoms with van der Waals surface area (Å²) in [6.07, 6.45) is 1.91. The minimum atomic E-state index is -0.0264. The van der Waals surface area contributed by atoms with Crippen molar-refractivity contribution >= 4 is 30.6 Å². The monoisotopic (exact) mass is 310 g/mol. The van der Waals surface area contributed by atoms with E-state index in [0.29, 0.717) is 12.5 Å². The van der Waals surface area contributed by atoms with Gasteiger partial charge in [-0.1, -0.05) is 30.3 Å². The number of nitrogens with one attached hydrogen (secondary N) is 1. The van der Waals surface area contributed by atoms with Gasteiger partial charge in [-0.05, 0) is 37.2 Å². The molecule has 1 aliphatic rings. The largest absolute Gasteiger partial charge is 0.369 e. The molecule has 1 saturated heterocycles. The van der Waals surface area contributed by atoms with Crippen molar-refractivity contribution in [2.75, 3.05) is 6.54 Å². The maximum atomic E-state index is 11.7. The van der Waals surface area contributed by atoms with E-state index in [1.165, 1.54) is 5.56 Å². The highest BCUT2D eigenvalue weighted by molar-refractivity contribution is 7.16. The van der Waals surface area contributed by atoms with Crippen molar-refractivity contribution in [3.8, 4) is 0 Å². The Balaban J connectivity index is 1.85. The van der Waals surface area contributed by atoms with Gasteiger partial charge in [0.2, 0.25) is 5.91 Å². The molecule has 0 aromatic heterocycles. The fraction of sp³-hybridized carbons (Fsp3) is 0.385. The zero-order valence-corrected chi connectivity index (χ0v) is 13.5. The lowest BCUT2D eigenvalue weighted by Gasteiger charge is -2.39. The molecule has 0 radical (unpaired) electrons. The quantitative estimate of drug-likeness (QED) is 0.368. The molecule has 4 unspecified atom stereocenters. The Morgan fingerprint density at radius 3 is 2.70 bits per heavy atom. The number of carbonyl (C=O) groups is 1. The predicted octanol–water partition coefficient (Wildman–Crippen LogP) is 0.931. The highest BCUT2D eigenvalue weighted by atomic mass is 31.0. The van der Waals surface area contributed by atoms with Crippen LogP contribution in [0.1, 0.15) is 12.0 Å². The van der Waals surface area contributed by atoms with Crippen LogP contribution in [0.4, 0.5) is 0 Å². The van der Waals surface area contributed by atoms with Crippen molar-refractivity contribution in [1.29, 1.82) is 0 Å². The first-order valence-corrected chi connectivity index (χ1v) is 7.55. The summed E-state index contributed by atoms with van der Waals surface area (Å²) in [5.74, 6) is 0.454. The van der Waals surface area contributed by atoms with Crippen LogP contribution in [0.25, 0.3) is 0 Å². The molecule has 3 N–H and O–H groups in total. The van der Waals surface area contributed by atoms with Gasteiger partial charge >= 0.3 is 0 Å². The summed E-state index contributed by atoms with van der Waals surface area (Å²) >= 11 is 0. The number of amides is 1.